The molecule has 6 nitrogen and oxygen atoms in total. The van der Waals surface area contributed by atoms with Gasteiger partial charge in [0, 0.05) is 24.9 Å². The van der Waals surface area contributed by atoms with Gasteiger partial charge in [-0.25, -0.2) is 13.2 Å². The van der Waals surface area contributed by atoms with Gasteiger partial charge in [0.25, 0.3) is 0 Å². The number of methoxy groups -OCH3 is 1. The number of benzene rings is 1. The predicted molar refractivity (Wildman–Crippen MR) is 96.0 cm³/mol. The lowest BCUT2D eigenvalue weighted by Crippen LogP contribution is -2.46. The Labute approximate surface area is 148 Å². The molecule has 0 radical (unpaired) electrons. The number of likely N-dealkylation sites (N-methyl/N-ethyl adjacent to an activating group) is 1. The fourth-order valence-corrected chi connectivity index (χ4v) is 5.51. The Bertz CT molecular complexity index is 659. The summed E-state index contributed by atoms with van der Waals surface area (Å²) in [6.07, 6.45) is 0.841. The standard InChI is InChI=1S/C16H24N2O4S2/c1-17(2)11-14-12-23-10-4-9-18(14)24(20,21)15-7-5-13(6-8-15)16(19)22-3/h5-8,14H,4,9-12H2,1-3H3. The molecule has 1 fully saturated rings. The average molecular weight is 373 g/mol. The van der Waals surface area contributed by atoms with Crippen LogP contribution in [0.4, 0.5) is 0 Å². The highest BCUT2D eigenvalue weighted by molar-refractivity contribution is 7.99. The van der Waals surface area contributed by atoms with Crippen LogP contribution in [-0.2, 0) is 14.8 Å². The molecular formula is C16H24N2O4S2. The second-order valence-corrected chi connectivity index (χ2v) is 9.02. The Morgan fingerprint density at radius 2 is 2.00 bits per heavy atom. The third-order valence-electron chi connectivity index (χ3n) is 3.84. The Balaban J connectivity index is 2.30. The molecule has 1 atom stereocenters. The van der Waals surface area contributed by atoms with Gasteiger partial charge in [-0.3, -0.25) is 0 Å². The molecule has 8 heteroatoms. The van der Waals surface area contributed by atoms with Crippen LogP contribution < -0.4 is 0 Å². The molecule has 1 aliphatic heterocycles. The average Bonchev–Trinajstić information content (AvgIpc) is 2.79. The van der Waals surface area contributed by atoms with Crippen LogP contribution in [0.5, 0.6) is 0 Å². The maximum absolute atomic E-state index is 13.1. The third-order valence-corrected chi connectivity index (χ3v) is 7.01. The summed E-state index contributed by atoms with van der Waals surface area (Å²) in [5.41, 5.74) is 0.340. The number of ether oxygens (including phenoxy) is 1. The van der Waals surface area contributed by atoms with Crippen LogP contribution in [0.2, 0.25) is 0 Å². The van der Waals surface area contributed by atoms with Gasteiger partial charge in [-0.2, -0.15) is 16.1 Å². The topological polar surface area (TPSA) is 66.9 Å². The van der Waals surface area contributed by atoms with E-state index in [2.05, 4.69) is 4.74 Å². The second-order valence-electron chi connectivity index (χ2n) is 5.98. The minimum absolute atomic E-state index is 0.0576. The molecule has 2 rings (SSSR count). The van der Waals surface area contributed by atoms with E-state index >= 15 is 0 Å². The fraction of sp³-hybridized carbons (Fsp3) is 0.562. The molecule has 0 spiro atoms. The SMILES string of the molecule is COC(=O)c1ccc(S(=O)(=O)N2CCCSCC2CN(C)C)cc1. The van der Waals surface area contributed by atoms with Crippen LogP contribution >= 0.6 is 11.8 Å². The molecule has 1 aromatic carbocycles. The quantitative estimate of drug-likeness (QED) is 0.731. The number of esters is 1. The second kappa shape index (κ2) is 8.33. The Morgan fingerprint density at radius 1 is 1.33 bits per heavy atom. The Kier molecular flexibility index (Phi) is 6.68. The minimum atomic E-state index is -3.59. The molecule has 134 valence electrons. The highest BCUT2D eigenvalue weighted by Gasteiger charge is 2.33. The van der Waals surface area contributed by atoms with Crippen molar-refractivity contribution in [3.63, 3.8) is 0 Å². The predicted octanol–water partition coefficient (Wildman–Crippen LogP) is 1.53. The van der Waals surface area contributed by atoms with Gasteiger partial charge in [0.15, 0.2) is 0 Å². The number of nitrogens with zero attached hydrogens (tertiary/aromatic N) is 2. The summed E-state index contributed by atoms with van der Waals surface area (Å²) in [5, 5.41) is 0. The number of hydrogen-bond donors (Lipinski definition) is 0. The van der Waals surface area contributed by atoms with Crippen molar-refractivity contribution in [2.45, 2.75) is 17.4 Å². The molecule has 1 unspecified atom stereocenters. The van der Waals surface area contributed by atoms with E-state index in [0.717, 1.165) is 17.9 Å². The number of rotatable bonds is 5. The molecule has 0 amide bonds. The van der Waals surface area contributed by atoms with Crippen molar-refractivity contribution in [2.24, 2.45) is 0 Å². The van der Waals surface area contributed by atoms with E-state index in [1.807, 2.05) is 19.0 Å². The molecule has 1 aromatic rings. The van der Waals surface area contributed by atoms with Crippen LogP contribution in [0.25, 0.3) is 0 Å². The number of hydrogen-bond acceptors (Lipinski definition) is 6. The van der Waals surface area contributed by atoms with Crippen molar-refractivity contribution in [1.29, 1.82) is 0 Å². The van der Waals surface area contributed by atoms with Gasteiger partial charge in [-0.15, -0.1) is 0 Å². The van der Waals surface area contributed by atoms with Gasteiger partial charge in [-0.1, -0.05) is 0 Å². The smallest absolute Gasteiger partial charge is 0.337 e. The van der Waals surface area contributed by atoms with E-state index < -0.39 is 16.0 Å². The lowest BCUT2D eigenvalue weighted by Gasteiger charge is -2.30. The summed E-state index contributed by atoms with van der Waals surface area (Å²) in [5.74, 6) is 1.28. The van der Waals surface area contributed by atoms with Crippen molar-refractivity contribution in [1.82, 2.24) is 9.21 Å². The number of sulfonamides is 1. The van der Waals surface area contributed by atoms with E-state index in [4.69, 9.17) is 0 Å². The zero-order chi connectivity index (χ0) is 17.7. The van der Waals surface area contributed by atoms with Gasteiger partial charge < -0.3 is 9.64 Å². The lowest BCUT2D eigenvalue weighted by molar-refractivity contribution is 0.0600. The minimum Gasteiger partial charge on any atom is -0.465 e. The highest BCUT2D eigenvalue weighted by Crippen LogP contribution is 2.25. The summed E-state index contributed by atoms with van der Waals surface area (Å²) in [6, 6.07) is 5.88. The van der Waals surface area contributed by atoms with Crippen molar-refractivity contribution in [3.8, 4) is 0 Å². The Hall–Kier alpha value is -1.09. The molecular weight excluding hydrogens is 348 g/mol. The van der Waals surface area contributed by atoms with Crippen LogP contribution in [-0.4, -0.2) is 75.4 Å². The van der Waals surface area contributed by atoms with Gasteiger partial charge in [0.2, 0.25) is 10.0 Å². The van der Waals surface area contributed by atoms with Crippen LogP contribution in [0.15, 0.2) is 29.2 Å². The van der Waals surface area contributed by atoms with E-state index in [9.17, 15) is 13.2 Å². The van der Waals surface area contributed by atoms with Crippen molar-refractivity contribution >= 4 is 27.8 Å². The van der Waals surface area contributed by atoms with Crippen LogP contribution in [0.3, 0.4) is 0 Å². The molecule has 0 saturated carbocycles. The first kappa shape index (κ1) is 19.2. The largest absolute Gasteiger partial charge is 0.465 e. The maximum Gasteiger partial charge on any atom is 0.337 e. The first-order valence-electron chi connectivity index (χ1n) is 7.79. The summed E-state index contributed by atoms with van der Waals surface area (Å²) in [7, 11) is 1.61. The molecule has 0 N–H and O–H groups in total. The zero-order valence-electron chi connectivity index (χ0n) is 14.3. The van der Waals surface area contributed by atoms with Crippen LogP contribution in [0, 0.1) is 0 Å². The molecule has 24 heavy (non-hydrogen) atoms. The normalized spacial score (nSPS) is 19.9. The molecule has 1 heterocycles. The number of carbonyl (C=O) groups is 1. The van der Waals surface area contributed by atoms with Crippen molar-refractivity contribution in [2.75, 3.05) is 45.8 Å². The summed E-state index contributed by atoms with van der Waals surface area (Å²) in [6.45, 7) is 1.21. The fourth-order valence-electron chi connectivity index (χ4n) is 2.71. The molecule has 0 aliphatic carbocycles. The van der Waals surface area contributed by atoms with Gasteiger partial charge >= 0.3 is 5.97 Å². The van der Waals surface area contributed by atoms with E-state index in [-0.39, 0.29) is 10.9 Å². The monoisotopic (exact) mass is 372 g/mol. The first-order valence-corrected chi connectivity index (χ1v) is 10.4. The summed E-state index contributed by atoms with van der Waals surface area (Å²) in [4.78, 5) is 13.7. The number of thioether (sulfide) groups is 1. The first-order chi connectivity index (χ1) is 11.4. The van der Waals surface area contributed by atoms with Gasteiger partial charge in [-0.05, 0) is 50.5 Å². The summed E-state index contributed by atoms with van der Waals surface area (Å²) < 4.78 is 32.4. The molecule has 1 saturated heterocycles. The lowest BCUT2D eigenvalue weighted by atomic mass is 10.2. The van der Waals surface area contributed by atoms with E-state index in [1.54, 1.807) is 16.1 Å². The third kappa shape index (κ3) is 4.50. The molecule has 0 aromatic heterocycles. The van der Waals surface area contributed by atoms with Gasteiger partial charge in [0.1, 0.15) is 0 Å². The highest BCUT2D eigenvalue weighted by atomic mass is 32.2. The maximum atomic E-state index is 13.1. The molecule has 0 bridgehead atoms. The van der Waals surface area contributed by atoms with Crippen molar-refractivity contribution < 1.29 is 17.9 Å². The van der Waals surface area contributed by atoms with Gasteiger partial charge in [0.05, 0.1) is 17.6 Å². The van der Waals surface area contributed by atoms with Crippen molar-refractivity contribution in [3.05, 3.63) is 29.8 Å². The number of carbonyl (C=O) groups excluding carboxylic acids is 1. The Morgan fingerprint density at radius 3 is 2.58 bits per heavy atom. The zero-order valence-corrected chi connectivity index (χ0v) is 15.9. The molecule has 1 aliphatic rings. The summed E-state index contributed by atoms with van der Waals surface area (Å²) >= 11 is 1.80. The van der Waals surface area contributed by atoms with E-state index in [0.29, 0.717) is 18.7 Å². The van der Waals surface area contributed by atoms with Crippen LogP contribution in [0.1, 0.15) is 16.8 Å². The van der Waals surface area contributed by atoms with E-state index in [1.165, 1.54) is 31.4 Å².